The van der Waals surface area contributed by atoms with Crippen molar-refractivity contribution in [3.63, 3.8) is 0 Å². The zero-order chi connectivity index (χ0) is 13.8. The van der Waals surface area contributed by atoms with Crippen molar-refractivity contribution in [1.29, 1.82) is 0 Å². The van der Waals surface area contributed by atoms with Crippen LogP contribution in [0, 0.1) is 13.8 Å². The van der Waals surface area contributed by atoms with Gasteiger partial charge < -0.3 is 10.0 Å². The summed E-state index contributed by atoms with van der Waals surface area (Å²) in [5, 5.41) is 8.95. The summed E-state index contributed by atoms with van der Waals surface area (Å²) in [7, 11) is 0. The number of likely N-dealkylation sites (tertiary alicyclic amines) is 1. The van der Waals surface area contributed by atoms with E-state index in [-0.39, 0.29) is 12.5 Å². The van der Waals surface area contributed by atoms with Crippen LogP contribution in [0.15, 0.2) is 18.2 Å². The molecule has 1 aliphatic heterocycles. The van der Waals surface area contributed by atoms with E-state index in [1.807, 2.05) is 36.9 Å². The number of hydrogen-bond donors (Lipinski definition) is 1. The van der Waals surface area contributed by atoms with Crippen molar-refractivity contribution in [3.8, 4) is 0 Å². The van der Waals surface area contributed by atoms with Crippen LogP contribution in [0.2, 0.25) is 0 Å². The van der Waals surface area contributed by atoms with E-state index in [1.54, 1.807) is 0 Å². The van der Waals surface area contributed by atoms with Crippen LogP contribution in [-0.2, 0) is 0 Å². The number of aliphatic hydroxyl groups is 1. The molecular formula is C16H23NO2. The van der Waals surface area contributed by atoms with E-state index in [2.05, 4.69) is 0 Å². The van der Waals surface area contributed by atoms with Gasteiger partial charge in [0.15, 0.2) is 0 Å². The van der Waals surface area contributed by atoms with Gasteiger partial charge in [0.2, 0.25) is 0 Å². The minimum absolute atomic E-state index is 0.154. The van der Waals surface area contributed by atoms with Crippen molar-refractivity contribution in [2.75, 3.05) is 13.2 Å². The van der Waals surface area contributed by atoms with Gasteiger partial charge >= 0.3 is 0 Å². The number of aryl methyl sites for hydroxylation is 1. The fraction of sp³-hybridized carbons (Fsp3) is 0.562. The van der Waals surface area contributed by atoms with Gasteiger partial charge in [-0.05, 0) is 56.7 Å². The molecule has 1 aliphatic rings. The van der Waals surface area contributed by atoms with Gasteiger partial charge in [-0.3, -0.25) is 4.79 Å². The highest BCUT2D eigenvalue weighted by Crippen LogP contribution is 2.25. The summed E-state index contributed by atoms with van der Waals surface area (Å²) in [5.41, 5.74) is 3.08. The van der Waals surface area contributed by atoms with E-state index in [1.165, 1.54) is 0 Å². The number of carbonyl (C=O) groups is 1. The summed E-state index contributed by atoms with van der Waals surface area (Å²) in [6.45, 7) is 5.12. The number of rotatable bonds is 4. The Hall–Kier alpha value is -1.35. The van der Waals surface area contributed by atoms with Crippen LogP contribution in [0.1, 0.15) is 47.2 Å². The molecule has 2 rings (SSSR count). The number of amides is 1. The maximum Gasteiger partial charge on any atom is 0.254 e. The molecule has 1 saturated heterocycles. The largest absolute Gasteiger partial charge is 0.396 e. The van der Waals surface area contributed by atoms with Crippen LogP contribution in [0.5, 0.6) is 0 Å². The number of benzene rings is 1. The molecule has 1 atom stereocenters. The molecule has 0 aromatic heterocycles. The van der Waals surface area contributed by atoms with Crippen LogP contribution in [0.25, 0.3) is 0 Å². The number of aliphatic hydroxyl groups excluding tert-OH is 1. The average Bonchev–Trinajstić information content (AvgIpc) is 2.87. The fourth-order valence-electron chi connectivity index (χ4n) is 2.87. The molecule has 0 saturated carbocycles. The standard InChI is InChI=1S/C16H23NO2/c1-12-6-3-9-15(13(12)2)16(19)17-10-4-7-14(17)8-5-11-18/h3,6,9,14,18H,4-5,7-8,10-11H2,1-2H3. The second-order valence-electron chi connectivity index (χ2n) is 5.41. The molecule has 1 N–H and O–H groups in total. The summed E-state index contributed by atoms with van der Waals surface area (Å²) in [4.78, 5) is 14.7. The fourth-order valence-corrected chi connectivity index (χ4v) is 2.87. The minimum atomic E-state index is 0.154. The second-order valence-corrected chi connectivity index (χ2v) is 5.41. The number of nitrogens with zero attached hydrogens (tertiary/aromatic N) is 1. The normalized spacial score (nSPS) is 18.9. The van der Waals surface area contributed by atoms with Gasteiger partial charge in [0.05, 0.1) is 0 Å². The summed E-state index contributed by atoms with van der Waals surface area (Å²) >= 11 is 0. The lowest BCUT2D eigenvalue weighted by Crippen LogP contribution is -2.36. The monoisotopic (exact) mass is 261 g/mol. The first-order valence-corrected chi connectivity index (χ1v) is 7.13. The second kappa shape index (κ2) is 6.20. The molecule has 19 heavy (non-hydrogen) atoms. The van der Waals surface area contributed by atoms with Crippen molar-refractivity contribution < 1.29 is 9.90 Å². The van der Waals surface area contributed by atoms with E-state index in [0.717, 1.165) is 48.9 Å². The lowest BCUT2D eigenvalue weighted by atomic mass is 10.0. The van der Waals surface area contributed by atoms with Crippen molar-refractivity contribution >= 4 is 5.91 Å². The smallest absolute Gasteiger partial charge is 0.254 e. The molecule has 1 fully saturated rings. The molecule has 104 valence electrons. The average molecular weight is 261 g/mol. The maximum atomic E-state index is 12.7. The quantitative estimate of drug-likeness (QED) is 0.905. The topological polar surface area (TPSA) is 40.5 Å². The van der Waals surface area contributed by atoms with E-state index < -0.39 is 0 Å². The molecule has 1 aromatic carbocycles. The third-order valence-corrected chi connectivity index (χ3v) is 4.17. The first-order valence-electron chi connectivity index (χ1n) is 7.13. The Morgan fingerprint density at radius 1 is 1.42 bits per heavy atom. The predicted octanol–water partition coefficient (Wildman–Crippen LogP) is 2.68. The predicted molar refractivity (Wildman–Crippen MR) is 76.3 cm³/mol. The van der Waals surface area contributed by atoms with Crippen LogP contribution in [-0.4, -0.2) is 35.1 Å². The molecule has 3 heteroatoms. The molecule has 1 aromatic rings. The van der Waals surface area contributed by atoms with Crippen molar-refractivity contribution in [1.82, 2.24) is 4.90 Å². The summed E-state index contributed by atoms with van der Waals surface area (Å²) in [5.74, 6) is 0.154. The first-order chi connectivity index (χ1) is 9.15. The molecule has 1 unspecified atom stereocenters. The molecule has 1 amide bonds. The third kappa shape index (κ3) is 2.98. The lowest BCUT2D eigenvalue weighted by Gasteiger charge is -2.25. The van der Waals surface area contributed by atoms with Gasteiger partial charge in [-0.15, -0.1) is 0 Å². The Morgan fingerprint density at radius 3 is 2.95 bits per heavy atom. The van der Waals surface area contributed by atoms with Crippen molar-refractivity contribution in [2.24, 2.45) is 0 Å². The van der Waals surface area contributed by atoms with Crippen molar-refractivity contribution in [2.45, 2.75) is 45.6 Å². The van der Waals surface area contributed by atoms with Gasteiger partial charge in [-0.1, -0.05) is 12.1 Å². The maximum absolute atomic E-state index is 12.7. The minimum Gasteiger partial charge on any atom is -0.396 e. The molecule has 1 heterocycles. The van der Waals surface area contributed by atoms with E-state index >= 15 is 0 Å². The number of hydrogen-bond acceptors (Lipinski definition) is 2. The van der Waals surface area contributed by atoms with Gasteiger partial charge in [0, 0.05) is 24.8 Å². The van der Waals surface area contributed by atoms with E-state index in [0.29, 0.717) is 6.04 Å². The summed E-state index contributed by atoms with van der Waals surface area (Å²) in [6.07, 6.45) is 3.83. The molecular weight excluding hydrogens is 238 g/mol. The van der Waals surface area contributed by atoms with Crippen LogP contribution >= 0.6 is 0 Å². The zero-order valence-electron chi connectivity index (χ0n) is 11.9. The molecule has 0 aliphatic carbocycles. The lowest BCUT2D eigenvalue weighted by molar-refractivity contribution is 0.0723. The Labute approximate surface area is 115 Å². The highest BCUT2D eigenvalue weighted by Gasteiger charge is 2.29. The SMILES string of the molecule is Cc1cccc(C(=O)N2CCCC2CCCO)c1C. The van der Waals surface area contributed by atoms with Gasteiger partial charge in [-0.2, -0.15) is 0 Å². The molecule has 0 spiro atoms. The van der Waals surface area contributed by atoms with Crippen LogP contribution < -0.4 is 0 Å². The Kier molecular flexibility index (Phi) is 4.59. The van der Waals surface area contributed by atoms with E-state index in [9.17, 15) is 4.79 Å². The number of carbonyl (C=O) groups excluding carboxylic acids is 1. The molecule has 0 radical (unpaired) electrons. The van der Waals surface area contributed by atoms with Crippen molar-refractivity contribution in [3.05, 3.63) is 34.9 Å². The van der Waals surface area contributed by atoms with E-state index in [4.69, 9.17) is 5.11 Å². The van der Waals surface area contributed by atoms with Gasteiger partial charge in [0.1, 0.15) is 0 Å². The van der Waals surface area contributed by atoms with Gasteiger partial charge in [0.25, 0.3) is 5.91 Å². The van der Waals surface area contributed by atoms with Crippen LogP contribution in [0.4, 0.5) is 0 Å². The Morgan fingerprint density at radius 2 is 2.21 bits per heavy atom. The Balaban J connectivity index is 2.16. The zero-order valence-corrected chi connectivity index (χ0v) is 11.9. The third-order valence-electron chi connectivity index (χ3n) is 4.17. The molecule has 0 bridgehead atoms. The Bertz CT molecular complexity index is 456. The highest BCUT2D eigenvalue weighted by atomic mass is 16.3. The van der Waals surface area contributed by atoms with Crippen LogP contribution in [0.3, 0.4) is 0 Å². The van der Waals surface area contributed by atoms with Gasteiger partial charge in [-0.25, -0.2) is 0 Å². The summed E-state index contributed by atoms with van der Waals surface area (Å²) in [6, 6.07) is 6.22. The first kappa shape index (κ1) is 14.1. The summed E-state index contributed by atoms with van der Waals surface area (Å²) < 4.78 is 0. The highest BCUT2D eigenvalue weighted by molar-refractivity contribution is 5.96. The molecule has 3 nitrogen and oxygen atoms in total.